The summed E-state index contributed by atoms with van der Waals surface area (Å²) in [5, 5.41) is 6.17. The van der Waals surface area contributed by atoms with Crippen LogP contribution in [0.15, 0.2) is 59.2 Å². The summed E-state index contributed by atoms with van der Waals surface area (Å²) >= 11 is 0. The molecule has 5 heteroatoms. The summed E-state index contributed by atoms with van der Waals surface area (Å²) in [6.07, 6.45) is 4.80. The minimum absolute atomic E-state index is 0.0832. The molecule has 2 aromatic rings. The van der Waals surface area contributed by atoms with E-state index < -0.39 is 0 Å². The first-order chi connectivity index (χ1) is 13.0. The lowest BCUT2D eigenvalue weighted by Crippen LogP contribution is -2.30. The molecule has 0 saturated heterocycles. The van der Waals surface area contributed by atoms with E-state index in [-0.39, 0.29) is 29.5 Å². The van der Waals surface area contributed by atoms with Gasteiger partial charge in [0.25, 0.3) is 0 Å². The first-order valence-electron chi connectivity index (χ1n) is 9.13. The van der Waals surface area contributed by atoms with Gasteiger partial charge in [-0.3, -0.25) is 4.79 Å². The quantitative estimate of drug-likeness (QED) is 0.727. The van der Waals surface area contributed by atoms with Crippen molar-refractivity contribution in [3.05, 3.63) is 76.9 Å². The highest BCUT2D eigenvalue weighted by Gasteiger charge is 2.42. The molecule has 2 atom stereocenters. The molecule has 1 aliphatic heterocycles. The first kappa shape index (κ1) is 17.6. The van der Waals surface area contributed by atoms with E-state index in [1.165, 1.54) is 36.2 Å². The number of nitrogens with zero attached hydrogens (tertiary/aromatic N) is 2. The Bertz CT molecular complexity index is 916. The third-order valence-corrected chi connectivity index (χ3v) is 5.25. The minimum Gasteiger partial charge on any atom is -0.273 e. The van der Waals surface area contributed by atoms with Crippen molar-refractivity contribution in [1.29, 1.82) is 0 Å². The van der Waals surface area contributed by atoms with E-state index in [9.17, 15) is 13.6 Å². The van der Waals surface area contributed by atoms with Crippen LogP contribution in [0.2, 0.25) is 0 Å². The number of allylic oxidation sites excluding steroid dienone is 1. The fourth-order valence-electron chi connectivity index (χ4n) is 4.02. The normalized spacial score (nSPS) is 23.3. The van der Waals surface area contributed by atoms with Gasteiger partial charge in [-0.25, -0.2) is 13.8 Å². The summed E-state index contributed by atoms with van der Waals surface area (Å²) < 4.78 is 26.5. The van der Waals surface area contributed by atoms with Crippen LogP contribution in [0, 0.1) is 17.6 Å². The van der Waals surface area contributed by atoms with Crippen LogP contribution in [0.4, 0.5) is 8.78 Å². The van der Waals surface area contributed by atoms with Crippen LogP contribution in [0.1, 0.15) is 43.4 Å². The summed E-state index contributed by atoms with van der Waals surface area (Å²) in [6.45, 7) is 1.50. The Labute approximate surface area is 157 Å². The molecular weight excluding hydrogens is 346 g/mol. The average molecular weight is 366 g/mol. The van der Waals surface area contributed by atoms with Gasteiger partial charge < -0.3 is 0 Å². The molecule has 0 bridgehead atoms. The monoisotopic (exact) mass is 366 g/mol. The highest BCUT2D eigenvalue weighted by molar-refractivity contribution is 6.08. The average Bonchev–Trinajstić information content (AvgIpc) is 3.05. The Morgan fingerprint density at radius 3 is 2.33 bits per heavy atom. The van der Waals surface area contributed by atoms with E-state index in [0.717, 1.165) is 41.7 Å². The summed E-state index contributed by atoms with van der Waals surface area (Å²) in [7, 11) is 0. The van der Waals surface area contributed by atoms with Crippen molar-refractivity contribution < 1.29 is 13.6 Å². The van der Waals surface area contributed by atoms with Crippen LogP contribution in [0.25, 0.3) is 6.08 Å². The molecular formula is C22H20F2N2O. The third kappa shape index (κ3) is 3.42. The molecule has 1 fully saturated rings. The summed E-state index contributed by atoms with van der Waals surface area (Å²) in [4.78, 5) is 12.2. The number of halogens is 2. The van der Waals surface area contributed by atoms with Crippen LogP contribution >= 0.6 is 0 Å². The molecule has 27 heavy (non-hydrogen) atoms. The Kier molecular flexibility index (Phi) is 4.60. The van der Waals surface area contributed by atoms with Gasteiger partial charge in [-0.15, -0.1) is 0 Å². The molecule has 3 nitrogen and oxygen atoms in total. The van der Waals surface area contributed by atoms with E-state index in [1.807, 2.05) is 6.08 Å². The molecule has 0 spiro atoms. The Balaban J connectivity index is 1.72. The van der Waals surface area contributed by atoms with Crippen molar-refractivity contribution in [2.24, 2.45) is 11.0 Å². The van der Waals surface area contributed by atoms with Gasteiger partial charge >= 0.3 is 0 Å². The number of hydrogen-bond acceptors (Lipinski definition) is 2. The lowest BCUT2D eigenvalue weighted by atomic mass is 9.77. The standard InChI is InChI=1S/C22H20F2N2O/c1-14(27)26-22(16-7-11-19(24)12-8-16)20-4-2-3-17(21(20)25-26)13-15-5-9-18(23)10-6-15/h5-13,20,22H,2-4H2,1H3/b17-13+/t20-,22+/m1/s1. The third-order valence-electron chi connectivity index (χ3n) is 5.25. The van der Waals surface area contributed by atoms with E-state index in [2.05, 4.69) is 5.10 Å². The molecule has 0 aromatic heterocycles. The lowest BCUT2D eigenvalue weighted by molar-refractivity contribution is -0.131. The minimum atomic E-state index is -0.298. The summed E-state index contributed by atoms with van der Waals surface area (Å²) in [6, 6.07) is 12.4. The maximum Gasteiger partial charge on any atom is 0.240 e. The van der Waals surface area contributed by atoms with Crippen molar-refractivity contribution >= 4 is 17.7 Å². The predicted octanol–water partition coefficient (Wildman–Crippen LogP) is 5.11. The zero-order chi connectivity index (χ0) is 19.0. The second-order valence-electron chi connectivity index (χ2n) is 7.07. The lowest BCUT2D eigenvalue weighted by Gasteiger charge is -2.29. The number of carbonyl (C=O) groups excluding carboxylic acids is 1. The molecule has 1 saturated carbocycles. The smallest absolute Gasteiger partial charge is 0.240 e. The molecule has 0 unspecified atom stereocenters. The first-order valence-corrected chi connectivity index (χ1v) is 9.13. The fraction of sp³-hybridized carbons (Fsp3) is 0.273. The van der Waals surface area contributed by atoms with Crippen molar-refractivity contribution in [2.75, 3.05) is 0 Å². The van der Waals surface area contributed by atoms with Gasteiger partial charge in [-0.1, -0.05) is 24.3 Å². The second-order valence-corrected chi connectivity index (χ2v) is 7.07. The number of benzene rings is 2. The maximum atomic E-state index is 13.4. The number of hydrazone groups is 1. The van der Waals surface area contributed by atoms with Crippen LogP contribution in [-0.4, -0.2) is 16.6 Å². The Morgan fingerprint density at radius 1 is 1.07 bits per heavy atom. The molecule has 138 valence electrons. The van der Waals surface area contributed by atoms with Crippen molar-refractivity contribution in [3.8, 4) is 0 Å². The van der Waals surface area contributed by atoms with Crippen LogP contribution in [0.5, 0.6) is 0 Å². The van der Waals surface area contributed by atoms with Gasteiger partial charge in [0.15, 0.2) is 0 Å². The van der Waals surface area contributed by atoms with E-state index in [1.54, 1.807) is 24.3 Å². The molecule has 0 radical (unpaired) electrons. The topological polar surface area (TPSA) is 32.7 Å². The van der Waals surface area contributed by atoms with Crippen LogP contribution < -0.4 is 0 Å². The van der Waals surface area contributed by atoms with Crippen molar-refractivity contribution in [2.45, 2.75) is 32.2 Å². The highest BCUT2D eigenvalue weighted by atomic mass is 19.1. The molecule has 1 heterocycles. The molecule has 0 N–H and O–H groups in total. The molecule has 1 aliphatic carbocycles. The zero-order valence-corrected chi connectivity index (χ0v) is 15.0. The van der Waals surface area contributed by atoms with Crippen LogP contribution in [0.3, 0.4) is 0 Å². The van der Waals surface area contributed by atoms with Gasteiger partial charge in [-0.2, -0.15) is 5.10 Å². The van der Waals surface area contributed by atoms with Gasteiger partial charge in [-0.05, 0) is 66.3 Å². The number of carbonyl (C=O) groups is 1. The molecule has 2 aromatic carbocycles. The van der Waals surface area contributed by atoms with Crippen molar-refractivity contribution in [3.63, 3.8) is 0 Å². The second kappa shape index (κ2) is 7.06. The number of fused-ring (bicyclic) bond motifs is 1. The van der Waals surface area contributed by atoms with E-state index in [0.29, 0.717) is 0 Å². The van der Waals surface area contributed by atoms with Gasteiger partial charge in [0.05, 0.1) is 11.8 Å². The fourth-order valence-corrected chi connectivity index (χ4v) is 4.02. The summed E-state index contributed by atoms with van der Waals surface area (Å²) in [5.41, 5.74) is 3.79. The molecule has 4 rings (SSSR count). The van der Waals surface area contributed by atoms with Gasteiger partial charge in [0.1, 0.15) is 11.6 Å². The summed E-state index contributed by atoms with van der Waals surface area (Å²) in [5.74, 6) is -0.615. The Morgan fingerprint density at radius 2 is 1.70 bits per heavy atom. The molecule has 1 amide bonds. The van der Waals surface area contributed by atoms with Gasteiger partial charge in [0.2, 0.25) is 5.91 Å². The van der Waals surface area contributed by atoms with Crippen molar-refractivity contribution in [1.82, 2.24) is 5.01 Å². The maximum absolute atomic E-state index is 13.4. The molecule has 2 aliphatic rings. The highest BCUT2D eigenvalue weighted by Crippen LogP contribution is 2.44. The zero-order valence-electron chi connectivity index (χ0n) is 15.0. The van der Waals surface area contributed by atoms with E-state index in [4.69, 9.17) is 0 Å². The Hall–Kier alpha value is -2.82. The number of hydrogen-bond donors (Lipinski definition) is 0. The SMILES string of the molecule is CC(=O)N1N=C2/C(=C/c3ccc(F)cc3)CCC[C@H]2[C@@H]1c1ccc(F)cc1. The largest absolute Gasteiger partial charge is 0.273 e. The van der Waals surface area contributed by atoms with Crippen LogP contribution in [-0.2, 0) is 4.79 Å². The van der Waals surface area contributed by atoms with E-state index >= 15 is 0 Å². The predicted molar refractivity (Wildman–Crippen MR) is 101 cm³/mol. The van der Waals surface area contributed by atoms with Gasteiger partial charge in [0, 0.05) is 12.8 Å². The number of amides is 1. The number of rotatable bonds is 2.